The third-order valence-electron chi connectivity index (χ3n) is 14.5. The Kier molecular flexibility index (Phi) is 18.8. The van der Waals surface area contributed by atoms with Crippen LogP contribution in [0.5, 0.6) is 0 Å². The van der Waals surface area contributed by atoms with Crippen LogP contribution in [-0.2, 0) is 44.6 Å². The highest BCUT2D eigenvalue weighted by atomic mass is 79.9. The molecule has 12 rings (SSSR count). The number of nitrogens with one attached hydrogen (secondary N) is 2. The first-order valence-corrected chi connectivity index (χ1v) is 28.6. The van der Waals surface area contributed by atoms with E-state index in [4.69, 9.17) is 6.57 Å². The average Bonchev–Trinajstić information content (AvgIpc) is 1.75. The highest BCUT2D eigenvalue weighted by Gasteiger charge is 2.32. The number of rotatable bonds is 13. The van der Waals surface area contributed by atoms with Crippen LogP contribution >= 0.6 is 15.9 Å². The average molecular weight is 1300 g/mol. The Hall–Kier alpha value is -10.7. The van der Waals surface area contributed by atoms with Gasteiger partial charge in [-0.25, -0.2) is 4.85 Å². The van der Waals surface area contributed by atoms with Crippen LogP contribution in [0.4, 0.5) is 56.8 Å². The molecule has 9 aromatic carbocycles. The van der Waals surface area contributed by atoms with Gasteiger partial charge in [0.1, 0.15) is 0 Å². The van der Waals surface area contributed by atoms with Crippen molar-refractivity contribution in [3.8, 4) is 0 Å². The number of carbonyl (C=O) groups is 3. The number of amides is 2. The molecule has 0 bridgehead atoms. The Bertz CT molecular complexity index is 4470. The van der Waals surface area contributed by atoms with Gasteiger partial charge in [-0.15, -0.1) is 0 Å². The number of aromatic nitrogens is 6. The largest absolute Gasteiger partial charge is 0.416 e. The molecule has 0 aliphatic heterocycles. The van der Waals surface area contributed by atoms with Crippen molar-refractivity contribution in [3.63, 3.8) is 0 Å². The molecular formula is C69H49BrF9N9O3. The van der Waals surface area contributed by atoms with Gasteiger partial charge < -0.3 is 10.6 Å². The van der Waals surface area contributed by atoms with Crippen molar-refractivity contribution >= 4 is 83.6 Å². The molecule has 22 heteroatoms. The van der Waals surface area contributed by atoms with E-state index in [1.807, 2.05) is 97.9 Å². The van der Waals surface area contributed by atoms with Gasteiger partial charge in [-0.05, 0) is 130 Å². The first-order chi connectivity index (χ1) is 43.5. The maximum absolute atomic E-state index is 12.8. The number of hydrogen-bond acceptors (Lipinski definition) is 6. The maximum atomic E-state index is 12.8. The minimum Gasteiger partial charge on any atom is -0.305 e. The van der Waals surface area contributed by atoms with E-state index in [9.17, 15) is 53.9 Å². The van der Waals surface area contributed by atoms with Crippen LogP contribution in [0.3, 0.4) is 0 Å². The lowest BCUT2D eigenvalue weighted by Crippen LogP contribution is -2.14. The lowest BCUT2D eigenvalue weighted by molar-refractivity contribution is -0.138. The van der Waals surface area contributed by atoms with E-state index in [-0.39, 0.29) is 43.7 Å². The molecule has 458 valence electrons. The zero-order valence-electron chi connectivity index (χ0n) is 47.7. The van der Waals surface area contributed by atoms with Crippen molar-refractivity contribution in [2.45, 2.75) is 51.5 Å². The van der Waals surface area contributed by atoms with E-state index < -0.39 is 35.2 Å². The summed E-state index contributed by atoms with van der Waals surface area (Å²) in [7, 11) is 0. The van der Waals surface area contributed by atoms with Gasteiger partial charge in [0.05, 0.1) is 77.1 Å². The topological polar surface area (TPSA) is 133 Å². The second-order valence-corrected chi connectivity index (χ2v) is 21.5. The first-order valence-electron chi connectivity index (χ1n) is 27.8. The monoisotopic (exact) mass is 1300 g/mol. The van der Waals surface area contributed by atoms with E-state index >= 15 is 0 Å². The van der Waals surface area contributed by atoms with E-state index in [2.05, 4.69) is 46.7 Å². The molecule has 2 amide bonds. The standard InChI is InChI=1S/C24H16F3N3O.C23H18F3N3O.C22H15BrF3N3O/c1-28-20-8-4-2-7-19(20)23(31)14-21-18-6-3-5-9-22(18)30(29-21)15-16-10-12-17(13-11-16)24(25,26)27;1-15-6-2-3-7-18(15)22(30)27-21-19-8-4-5-9-20(19)29(28-21)14-16-10-12-17(13-11-16)23(24,25)26;23-18-7-3-1-5-16(18)21(30)27-20-17-6-2-4-8-19(17)29(28-20)13-14-9-11-15(12-10-14)22(24,25)26/h2-13H,14-15H2;2-13H,14H2,1H3,(H,27,28,30);1-12H,13H2,(H,27,28,30). The minimum absolute atomic E-state index is 0.0209. The molecular weight excluding hydrogens is 1250 g/mol. The van der Waals surface area contributed by atoms with Crippen LogP contribution in [0.1, 0.15) is 75.7 Å². The zero-order valence-corrected chi connectivity index (χ0v) is 49.3. The SMILES string of the molecule is Cc1ccccc1C(=O)Nc1nn(Cc2ccc(C(F)(F)F)cc2)c2ccccc12.O=C(Nc1nn(Cc2ccc(C(F)(F)F)cc2)c2ccccc12)c1ccccc1Br.[C-]#[N+]c1ccccc1C(=O)Cc1nn(Cc2ccc(C(F)(F)F)cc2)c2ccccc12. The highest BCUT2D eigenvalue weighted by molar-refractivity contribution is 9.10. The Morgan fingerprint density at radius 2 is 0.791 bits per heavy atom. The number of ketones is 1. The van der Waals surface area contributed by atoms with Crippen LogP contribution in [0.2, 0.25) is 0 Å². The molecule has 0 saturated carbocycles. The highest BCUT2D eigenvalue weighted by Crippen LogP contribution is 2.34. The van der Waals surface area contributed by atoms with Crippen molar-refractivity contribution < 1.29 is 53.9 Å². The van der Waals surface area contributed by atoms with Gasteiger partial charge in [-0.2, -0.15) is 54.8 Å². The Morgan fingerprint density at radius 1 is 0.440 bits per heavy atom. The normalized spacial score (nSPS) is 11.5. The summed E-state index contributed by atoms with van der Waals surface area (Å²) >= 11 is 3.36. The molecule has 0 saturated heterocycles. The summed E-state index contributed by atoms with van der Waals surface area (Å²) in [6, 6.07) is 58.0. The maximum Gasteiger partial charge on any atom is 0.416 e. The number of fused-ring (bicyclic) bond motifs is 3. The number of anilines is 2. The molecule has 0 unspecified atom stereocenters. The van der Waals surface area contributed by atoms with Crippen LogP contribution < -0.4 is 10.6 Å². The summed E-state index contributed by atoms with van der Waals surface area (Å²) in [5, 5.41) is 21.6. The first kappa shape index (κ1) is 63.4. The lowest BCUT2D eigenvalue weighted by Gasteiger charge is -2.08. The van der Waals surface area contributed by atoms with Crippen molar-refractivity contribution in [1.29, 1.82) is 0 Å². The molecule has 0 fully saturated rings. The fourth-order valence-corrected chi connectivity index (χ4v) is 10.4. The van der Waals surface area contributed by atoms with Gasteiger partial charge >= 0.3 is 18.5 Å². The molecule has 0 aliphatic carbocycles. The molecule has 2 N–H and O–H groups in total. The van der Waals surface area contributed by atoms with Crippen molar-refractivity contribution in [2.75, 3.05) is 10.6 Å². The molecule has 0 spiro atoms. The number of halogens is 10. The summed E-state index contributed by atoms with van der Waals surface area (Å²) in [5.74, 6) is 0.00556. The van der Waals surface area contributed by atoms with Crippen molar-refractivity contribution in [1.82, 2.24) is 29.3 Å². The fourth-order valence-electron chi connectivity index (χ4n) is 9.92. The number of Topliss-reactive ketones (excluding diaryl/α,β-unsaturated/α-hetero) is 1. The van der Waals surface area contributed by atoms with Gasteiger partial charge in [0.15, 0.2) is 23.1 Å². The van der Waals surface area contributed by atoms with Crippen LogP contribution in [0, 0.1) is 13.5 Å². The second-order valence-electron chi connectivity index (χ2n) is 20.7. The summed E-state index contributed by atoms with van der Waals surface area (Å²) < 4.78 is 121. The molecule has 3 heterocycles. The predicted octanol–water partition coefficient (Wildman–Crippen LogP) is 17.9. The summed E-state index contributed by atoms with van der Waals surface area (Å²) in [4.78, 5) is 41.6. The van der Waals surface area contributed by atoms with Gasteiger partial charge in [-0.3, -0.25) is 28.4 Å². The van der Waals surface area contributed by atoms with E-state index in [0.29, 0.717) is 60.9 Å². The molecule has 0 aliphatic rings. The molecule has 3 aromatic heterocycles. The van der Waals surface area contributed by atoms with E-state index in [1.165, 1.54) is 36.4 Å². The van der Waals surface area contributed by atoms with Crippen molar-refractivity contribution in [3.05, 3.63) is 296 Å². The third kappa shape index (κ3) is 15.1. The quantitative estimate of drug-likeness (QED) is 0.0671. The van der Waals surface area contributed by atoms with Gasteiger partial charge in [0.25, 0.3) is 11.8 Å². The number of nitrogens with zero attached hydrogens (tertiary/aromatic N) is 7. The Morgan fingerprint density at radius 3 is 1.22 bits per heavy atom. The van der Waals surface area contributed by atoms with Crippen LogP contribution in [0.15, 0.2) is 223 Å². The number of aryl methyl sites for hydroxylation is 1. The van der Waals surface area contributed by atoms with Crippen molar-refractivity contribution in [2.24, 2.45) is 0 Å². The van der Waals surface area contributed by atoms with Gasteiger partial charge in [-0.1, -0.05) is 133 Å². The lowest BCUT2D eigenvalue weighted by atomic mass is 10.0. The van der Waals surface area contributed by atoms with E-state index in [1.54, 1.807) is 68.6 Å². The Balaban J connectivity index is 0.000000150. The van der Waals surface area contributed by atoms with Gasteiger partial charge in [0, 0.05) is 31.8 Å². The van der Waals surface area contributed by atoms with E-state index in [0.717, 1.165) is 74.7 Å². The Labute approximate surface area is 522 Å². The molecule has 0 radical (unpaired) electrons. The molecule has 91 heavy (non-hydrogen) atoms. The number of benzene rings is 9. The second kappa shape index (κ2) is 27.0. The predicted molar refractivity (Wildman–Crippen MR) is 333 cm³/mol. The molecule has 12 nitrogen and oxygen atoms in total. The number of carbonyl (C=O) groups excluding carboxylic acids is 3. The smallest absolute Gasteiger partial charge is 0.305 e. The fraction of sp³-hybridized carbons (Fsp3) is 0.116. The zero-order chi connectivity index (χ0) is 64.6. The van der Waals surface area contributed by atoms with Crippen LogP contribution in [-0.4, -0.2) is 46.9 Å². The number of hydrogen-bond donors (Lipinski definition) is 2. The molecule has 12 aromatic rings. The third-order valence-corrected chi connectivity index (χ3v) is 15.2. The minimum atomic E-state index is -4.38. The van der Waals surface area contributed by atoms with Crippen LogP contribution in [0.25, 0.3) is 37.6 Å². The van der Waals surface area contributed by atoms with Gasteiger partial charge in [0.2, 0.25) is 0 Å². The number of para-hydroxylation sites is 4. The summed E-state index contributed by atoms with van der Waals surface area (Å²) in [5.41, 5.74) is 5.31. The molecule has 0 atom stereocenters. The number of alkyl halides is 9. The summed E-state index contributed by atoms with van der Waals surface area (Å²) in [6.07, 6.45) is -13.1. The summed E-state index contributed by atoms with van der Waals surface area (Å²) in [6.45, 7) is 9.92.